The maximum Gasteiger partial charge on any atom is 0.416 e. The molecule has 0 amide bonds. The standard InChI is InChI=1S/C25H23F4N5O5S/c26-19-11-17-20(34(15-3-4-15)13-18(22(17)35)23(36)37)12-21(19)32-7-9-33(10-8-32)24(30)31-40(38,39)16-5-1-14(2-6-16)25(27,28)29/h1-2,5-6,11-13,15H,3-4,7-10H2,(H2,30,31)(H,36,37). The first-order chi connectivity index (χ1) is 18.8. The number of alkyl halides is 3. The molecule has 40 heavy (non-hydrogen) atoms. The van der Waals surface area contributed by atoms with E-state index < -0.39 is 49.4 Å². The molecule has 2 heterocycles. The van der Waals surface area contributed by atoms with Gasteiger partial charge in [0, 0.05) is 43.8 Å². The first-order valence-corrected chi connectivity index (χ1v) is 13.6. The van der Waals surface area contributed by atoms with Crippen molar-refractivity contribution in [3.05, 3.63) is 69.8 Å². The number of guanidine groups is 1. The van der Waals surface area contributed by atoms with Gasteiger partial charge < -0.3 is 25.2 Å². The van der Waals surface area contributed by atoms with E-state index in [4.69, 9.17) is 5.73 Å². The Labute approximate surface area is 225 Å². The number of hydrogen-bond donors (Lipinski definition) is 2. The summed E-state index contributed by atoms with van der Waals surface area (Å²) < 4.78 is 83.9. The van der Waals surface area contributed by atoms with Crippen LogP contribution in [0.1, 0.15) is 34.8 Å². The third-order valence-corrected chi connectivity index (χ3v) is 8.20. The van der Waals surface area contributed by atoms with E-state index in [0.717, 1.165) is 31.0 Å². The Bertz CT molecular complexity index is 1690. The summed E-state index contributed by atoms with van der Waals surface area (Å²) in [6.07, 6.45) is -1.73. The van der Waals surface area contributed by atoms with Crippen LogP contribution in [-0.4, -0.2) is 61.1 Å². The average Bonchev–Trinajstić information content (AvgIpc) is 3.74. The molecule has 2 aromatic carbocycles. The molecule has 0 bridgehead atoms. The van der Waals surface area contributed by atoms with Gasteiger partial charge in [-0.05, 0) is 49.2 Å². The van der Waals surface area contributed by atoms with E-state index in [1.807, 2.05) is 0 Å². The van der Waals surface area contributed by atoms with E-state index in [9.17, 15) is 36.3 Å². The fourth-order valence-electron chi connectivity index (χ4n) is 4.63. The number of carbonyl (C=O) groups is 1. The SMILES string of the molecule is N/C(=N\S(=O)(=O)c1ccc(C(F)(F)F)cc1)N1CCN(c2cc3c(cc2F)c(=O)c(C(=O)O)cn3C2CC2)CC1. The predicted molar refractivity (Wildman–Crippen MR) is 137 cm³/mol. The Kier molecular flexibility index (Phi) is 6.72. The molecule has 0 atom stereocenters. The highest BCUT2D eigenvalue weighted by atomic mass is 32.2. The number of aromatic carboxylic acids is 1. The van der Waals surface area contributed by atoms with E-state index in [2.05, 4.69) is 4.40 Å². The molecular formula is C25H23F4N5O5S. The Balaban J connectivity index is 1.36. The monoisotopic (exact) mass is 581 g/mol. The maximum atomic E-state index is 15.2. The van der Waals surface area contributed by atoms with Crippen LogP contribution in [0.15, 0.2) is 56.7 Å². The highest BCUT2D eigenvalue weighted by molar-refractivity contribution is 7.90. The lowest BCUT2D eigenvalue weighted by molar-refractivity contribution is -0.137. The summed E-state index contributed by atoms with van der Waals surface area (Å²) in [6, 6.07) is 5.45. The summed E-state index contributed by atoms with van der Waals surface area (Å²) in [5.74, 6) is -2.46. The van der Waals surface area contributed by atoms with Crippen molar-refractivity contribution in [2.24, 2.45) is 10.1 Å². The lowest BCUT2D eigenvalue weighted by Crippen LogP contribution is -2.51. The minimum Gasteiger partial charge on any atom is -0.477 e. The molecule has 1 aliphatic heterocycles. The van der Waals surface area contributed by atoms with Crippen LogP contribution in [0.25, 0.3) is 10.9 Å². The normalized spacial score (nSPS) is 16.9. The molecule has 3 N–H and O–H groups in total. The fraction of sp³-hybridized carbons (Fsp3) is 0.320. The summed E-state index contributed by atoms with van der Waals surface area (Å²) in [4.78, 5) is 26.9. The molecule has 1 aromatic heterocycles. The van der Waals surface area contributed by atoms with Gasteiger partial charge in [-0.25, -0.2) is 9.18 Å². The van der Waals surface area contributed by atoms with E-state index in [1.165, 1.54) is 17.2 Å². The highest BCUT2D eigenvalue weighted by Crippen LogP contribution is 2.38. The van der Waals surface area contributed by atoms with Gasteiger partial charge in [0.2, 0.25) is 11.4 Å². The number of aromatic nitrogens is 1. The van der Waals surface area contributed by atoms with Gasteiger partial charge in [-0.3, -0.25) is 4.79 Å². The van der Waals surface area contributed by atoms with Crippen molar-refractivity contribution in [2.75, 3.05) is 31.1 Å². The van der Waals surface area contributed by atoms with Gasteiger partial charge in [-0.15, -0.1) is 4.40 Å². The molecular weight excluding hydrogens is 558 g/mol. The minimum absolute atomic E-state index is 0.0129. The second-order valence-electron chi connectivity index (χ2n) is 9.56. The first-order valence-electron chi connectivity index (χ1n) is 12.2. The van der Waals surface area contributed by atoms with Crippen LogP contribution in [0, 0.1) is 5.82 Å². The quantitative estimate of drug-likeness (QED) is 0.267. The number of sulfonamides is 1. The number of nitrogens with two attached hydrogens (primary N) is 1. The Morgan fingerprint density at radius 2 is 1.68 bits per heavy atom. The Morgan fingerprint density at radius 3 is 2.23 bits per heavy atom. The highest BCUT2D eigenvalue weighted by Gasteiger charge is 2.31. The lowest BCUT2D eigenvalue weighted by atomic mass is 10.1. The number of anilines is 1. The second-order valence-corrected chi connectivity index (χ2v) is 11.2. The number of halogens is 4. The summed E-state index contributed by atoms with van der Waals surface area (Å²) in [6.45, 7) is 0.727. The topological polar surface area (TPSA) is 138 Å². The summed E-state index contributed by atoms with van der Waals surface area (Å²) in [5, 5.41) is 9.38. The third-order valence-electron chi connectivity index (χ3n) is 6.91. The predicted octanol–water partition coefficient (Wildman–Crippen LogP) is 3.02. The van der Waals surface area contributed by atoms with Gasteiger partial charge in [0.15, 0.2) is 0 Å². The zero-order valence-corrected chi connectivity index (χ0v) is 21.5. The lowest BCUT2D eigenvalue weighted by Gasteiger charge is -2.36. The first kappa shape index (κ1) is 27.4. The van der Waals surface area contributed by atoms with E-state index >= 15 is 4.39 Å². The van der Waals surface area contributed by atoms with Crippen molar-refractivity contribution in [1.29, 1.82) is 0 Å². The molecule has 212 valence electrons. The molecule has 1 saturated heterocycles. The number of rotatable bonds is 5. The van der Waals surface area contributed by atoms with E-state index in [-0.39, 0.29) is 49.3 Å². The number of carboxylic acids is 1. The van der Waals surface area contributed by atoms with Crippen LogP contribution in [0.2, 0.25) is 0 Å². The molecule has 0 spiro atoms. The van der Waals surface area contributed by atoms with Crippen LogP contribution in [-0.2, 0) is 16.2 Å². The largest absolute Gasteiger partial charge is 0.477 e. The molecule has 0 radical (unpaired) electrons. The number of fused-ring (bicyclic) bond motifs is 1. The Morgan fingerprint density at radius 1 is 1.05 bits per heavy atom. The zero-order valence-electron chi connectivity index (χ0n) is 20.7. The molecule has 2 fully saturated rings. The van der Waals surface area contributed by atoms with Crippen LogP contribution in [0.5, 0.6) is 0 Å². The molecule has 1 aliphatic carbocycles. The van der Waals surface area contributed by atoms with Gasteiger partial charge in [-0.1, -0.05) is 0 Å². The van der Waals surface area contributed by atoms with Gasteiger partial charge in [0.25, 0.3) is 10.0 Å². The third kappa shape index (κ3) is 5.20. The van der Waals surface area contributed by atoms with Crippen molar-refractivity contribution in [3.63, 3.8) is 0 Å². The Hall–Kier alpha value is -4.14. The van der Waals surface area contributed by atoms with Crippen molar-refractivity contribution in [2.45, 2.75) is 30.0 Å². The molecule has 10 nitrogen and oxygen atoms in total. The summed E-state index contributed by atoms with van der Waals surface area (Å²) >= 11 is 0. The molecule has 2 aliphatic rings. The molecule has 1 saturated carbocycles. The van der Waals surface area contributed by atoms with Crippen LogP contribution in [0.4, 0.5) is 23.2 Å². The molecule has 15 heteroatoms. The van der Waals surface area contributed by atoms with Crippen LogP contribution < -0.4 is 16.1 Å². The van der Waals surface area contributed by atoms with Crippen molar-refractivity contribution in [3.8, 4) is 0 Å². The summed E-state index contributed by atoms with van der Waals surface area (Å²) in [5.41, 5.74) is 4.32. The molecule has 3 aromatic rings. The van der Waals surface area contributed by atoms with E-state index in [0.29, 0.717) is 17.6 Å². The van der Waals surface area contributed by atoms with Crippen LogP contribution in [0.3, 0.4) is 0 Å². The number of piperazine rings is 1. The van der Waals surface area contributed by atoms with Crippen molar-refractivity contribution in [1.82, 2.24) is 9.47 Å². The zero-order chi connectivity index (χ0) is 29.0. The second kappa shape index (κ2) is 9.80. The minimum atomic E-state index is -4.62. The number of hydrogen-bond acceptors (Lipinski definition) is 5. The summed E-state index contributed by atoms with van der Waals surface area (Å²) in [7, 11) is -4.38. The average molecular weight is 582 g/mol. The number of nitrogens with zero attached hydrogens (tertiary/aromatic N) is 4. The van der Waals surface area contributed by atoms with Crippen LogP contribution >= 0.6 is 0 Å². The van der Waals surface area contributed by atoms with Crippen molar-refractivity contribution >= 4 is 38.5 Å². The van der Waals surface area contributed by atoms with Gasteiger partial charge in [0.05, 0.1) is 21.7 Å². The number of benzene rings is 2. The van der Waals surface area contributed by atoms with E-state index in [1.54, 1.807) is 9.47 Å². The molecule has 0 unspecified atom stereocenters. The number of carboxylic acid groups (broad SMARTS) is 1. The fourth-order valence-corrected chi connectivity index (χ4v) is 5.58. The number of pyridine rings is 1. The smallest absolute Gasteiger partial charge is 0.416 e. The van der Waals surface area contributed by atoms with Gasteiger partial charge in [0.1, 0.15) is 11.4 Å². The molecule has 5 rings (SSSR count). The van der Waals surface area contributed by atoms with Gasteiger partial charge in [-0.2, -0.15) is 21.6 Å². The van der Waals surface area contributed by atoms with Crippen molar-refractivity contribution < 1.29 is 35.9 Å². The van der Waals surface area contributed by atoms with Gasteiger partial charge >= 0.3 is 12.1 Å². The maximum absolute atomic E-state index is 15.2.